The van der Waals surface area contributed by atoms with E-state index in [1.54, 1.807) is 0 Å². The number of hydrogen-bond acceptors (Lipinski definition) is 3. The van der Waals surface area contributed by atoms with E-state index in [9.17, 15) is 0 Å². The van der Waals surface area contributed by atoms with Crippen LogP contribution >= 0.6 is 0 Å². The number of allylic oxidation sites excluding steroid dienone is 1. The normalized spacial score (nSPS) is 29.3. The molecule has 1 N–H and O–H groups in total. The van der Waals surface area contributed by atoms with Crippen LogP contribution in [-0.2, 0) is 0 Å². The zero-order chi connectivity index (χ0) is 7.84. The SMILES string of the molecule is CC1=CN2CCN1CC2CO. The number of piperazine rings is 1. The van der Waals surface area contributed by atoms with Crippen molar-refractivity contribution in [1.82, 2.24) is 9.80 Å². The number of fused-ring (bicyclic) bond motifs is 2. The van der Waals surface area contributed by atoms with E-state index >= 15 is 0 Å². The molecule has 62 valence electrons. The third-order valence-corrected chi connectivity index (χ3v) is 2.59. The maximum Gasteiger partial charge on any atom is 0.0691 e. The fourth-order valence-electron chi connectivity index (χ4n) is 1.84. The molecule has 3 aliphatic heterocycles. The van der Waals surface area contributed by atoms with Crippen LogP contribution in [0.4, 0.5) is 0 Å². The monoisotopic (exact) mass is 154 g/mol. The van der Waals surface area contributed by atoms with Crippen molar-refractivity contribution in [2.45, 2.75) is 13.0 Å². The third kappa shape index (κ3) is 0.997. The summed E-state index contributed by atoms with van der Waals surface area (Å²) in [6.07, 6.45) is 2.15. The summed E-state index contributed by atoms with van der Waals surface area (Å²) in [5.41, 5.74) is 1.33. The summed E-state index contributed by atoms with van der Waals surface area (Å²) in [7, 11) is 0. The minimum atomic E-state index is 0.278. The van der Waals surface area contributed by atoms with Gasteiger partial charge in [0, 0.05) is 31.5 Å². The first-order valence-electron chi connectivity index (χ1n) is 4.11. The minimum Gasteiger partial charge on any atom is -0.394 e. The molecule has 3 nitrogen and oxygen atoms in total. The summed E-state index contributed by atoms with van der Waals surface area (Å²) in [6, 6.07) is 0.340. The van der Waals surface area contributed by atoms with E-state index in [1.165, 1.54) is 5.70 Å². The van der Waals surface area contributed by atoms with Gasteiger partial charge in [-0.25, -0.2) is 0 Å². The maximum atomic E-state index is 9.00. The average Bonchev–Trinajstić information content (AvgIpc) is 2.05. The van der Waals surface area contributed by atoms with Gasteiger partial charge in [0.15, 0.2) is 0 Å². The summed E-state index contributed by atoms with van der Waals surface area (Å²) in [4.78, 5) is 4.58. The van der Waals surface area contributed by atoms with Gasteiger partial charge in [0.1, 0.15) is 0 Å². The number of aliphatic hydroxyl groups is 1. The molecule has 0 aromatic rings. The standard InChI is InChI=1S/C8H14N2O/c1-7-4-10-3-2-9(7)5-8(10)6-11/h4,8,11H,2-3,5-6H2,1H3. The highest BCUT2D eigenvalue weighted by molar-refractivity contribution is 5.08. The Morgan fingerprint density at radius 3 is 2.91 bits per heavy atom. The Morgan fingerprint density at radius 2 is 2.45 bits per heavy atom. The summed E-state index contributed by atoms with van der Waals surface area (Å²) in [6.45, 7) is 5.60. The lowest BCUT2D eigenvalue weighted by atomic mass is 10.1. The first-order valence-corrected chi connectivity index (χ1v) is 4.11. The molecule has 0 spiro atoms. The molecule has 0 saturated carbocycles. The molecule has 3 heterocycles. The first-order chi connectivity index (χ1) is 5.31. The van der Waals surface area contributed by atoms with Crippen LogP contribution in [0, 0.1) is 0 Å². The van der Waals surface area contributed by atoms with Gasteiger partial charge < -0.3 is 14.9 Å². The Morgan fingerprint density at radius 1 is 1.64 bits per heavy atom. The number of rotatable bonds is 1. The van der Waals surface area contributed by atoms with Crippen LogP contribution < -0.4 is 0 Å². The first kappa shape index (κ1) is 6.98. The van der Waals surface area contributed by atoms with Crippen molar-refractivity contribution in [2.75, 3.05) is 26.2 Å². The lowest BCUT2D eigenvalue weighted by Crippen LogP contribution is -2.55. The molecule has 1 saturated heterocycles. The Labute approximate surface area is 66.9 Å². The smallest absolute Gasteiger partial charge is 0.0691 e. The van der Waals surface area contributed by atoms with Crippen molar-refractivity contribution in [3.05, 3.63) is 11.9 Å². The molecule has 3 aliphatic rings. The second-order valence-electron chi connectivity index (χ2n) is 3.29. The van der Waals surface area contributed by atoms with Gasteiger partial charge in [-0.1, -0.05) is 0 Å². The van der Waals surface area contributed by atoms with Crippen molar-refractivity contribution >= 4 is 0 Å². The van der Waals surface area contributed by atoms with Crippen molar-refractivity contribution in [3.8, 4) is 0 Å². The lowest BCUT2D eigenvalue weighted by Gasteiger charge is -2.47. The quantitative estimate of drug-likeness (QED) is 0.568. The van der Waals surface area contributed by atoms with E-state index in [1.807, 2.05) is 0 Å². The largest absolute Gasteiger partial charge is 0.394 e. The molecule has 0 radical (unpaired) electrons. The molecule has 11 heavy (non-hydrogen) atoms. The molecule has 0 aromatic carbocycles. The van der Waals surface area contributed by atoms with Gasteiger partial charge in [-0.3, -0.25) is 0 Å². The molecule has 3 heteroatoms. The zero-order valence-corrected chi connectivity index (χ0v) is 6.82. The van der Waals surface area contributed by atoms with E-state index < -0.39 is 0 Å². The van der Waals surface area contributed by atoms with Crippen LogP contribution in [0.3, 0.4) is 0 Å². The van der Waals surface area contributed by atoms with Crippen molar-refractivity contribution in [2.24, 2.45) is 0 Å². The molecule has 1 fully saturated rings. The number of hydrogen-bond donors (Lipinski definition) is 1. The Kier molecular flexibility index (Phi) is 1.53. The molecule has 1 atom stereocenters. The molecule has 1 unspecified atom stereocenters. The lowest BCUT2D eigenvalue weighted by molar-refractivity contribution is 0.0636. The Balaban J connectivity index is 2.18. The fourth-order valence-corrected chi connectivity index (χ4v) is 1.84. The van der Waals surface area contributed by atoms with Crippen LogP contribution in [0.5, 0.6) is 0 Å². The van der Waals surface area contributed by atoms with Crippen LogP contribution in [0.1, 0.15) is 6.92 Å². The number of aliphatic hydroxyl groups excluding tert-OH is 1. The van der Waals surface area contributed by atoms with Crippen LogP contribution in [0.15, 0.2) is 11.9 Å². The fraction of sp³-hybridized carbons (Fsp3) is 0.750. The van der Waals surface area contributed by atoms with Crippen LogP contribution in [0.25, 0.3) is 0 Å². The molecular weight excluding hydrogens is 140 g/mol. The van der Waals surface area contributed by atoms with Gasteiger partial charge in [0.2, 0.25) is 0 Å². The summed E-state index contributed by atoms with van der Waals surface area (Å²) < 4.78 is 0. The minimum absolute atomic E-state index is 0.278. The molecule has 2 bridgehead atoms. The van der Waals surface area contributed by atoms with Crippen LogP contribution in [-0.4, -0.2) is 47.2 Å². The van der Waals surface area contributed by atoms with Crippen molar-refractivity contribution < 1.29 is 5.11 Å². The molecule has 0 aliphatic carbocycles. The molecule has 3 rings (SSSR count). The predicted molar refractivity (Wildman–Crippen MR) is 42.9 cm³/mol. The van der Waals surface area contributed by atoms with E-state index in [-0.39, 0.29) is 6.61 Å². The van der Waals surface area contributed by atoms with E-state index in [4.69, 9.17) is 5.11 Å². The summed E-state index contributed by atoms with van der Waals surface area (Å²) in [5, 5.41) is 9.00. The highest BCUT2D eigenvalue weighted by Gasteiger charge is 2.29. The predicted octanol–water partition coefficient (Wildman–Crippen LogP) is -0.160. The van der Waals surface area contributed by atoms with E-state index in [0.29, 0.717) is 6.04 Å². The van der Waals surface area contributed by atoms with Gasteiger partial charge >= 0.3 is 0 Å². The third-order valence-electron chi connectivity index (χ3n) is 2.59. The van der Waals surface area contributed by atoms with E-state index in [0.717, 1.165) is 19.6 Å². The highest BCUT2D eigenvalue weighted by Crippen LogP contribution is 2.21. The maximum absolute atomic E-state index is 9.00. The topological polar surface area (TPSA) is 26.7 Å². The molecule has 0 amide bonds. The Bertz CT molecular complexity index is 191. The Hall–Kier alpha value is -0.700. The molecule has 0 aromatic heterocycles. The van der Waals surface area contributed by atoms with E-state index in [2.05, 4.69) is 22.9 Å². The van der Waals surface area contributed by atoms with Gasteiger partial charge in [-0.15, -0.1) is 0 Å². The van der Waals surface area contributed by atoms with Gasteiger partial charge in [-0.2, -0.15) is 0 Å². The van der Waals surface area contributed by atoms with Gasteiger partial charge in [-0.05, 0) is 6.92 Å². The summed E-state index contributed by atoms with van der Waals surface area (Å²) in [5.74, 6) is 0. The average molecular weight is 154 g/mol. The molecular formula is C8H14N2O. The van der Waals surface area contributed by atoms with Crippen molar-refractivity contribution in [1.29, 1.82) is 0 Å². The highest BCUT2D eigenvalue weighted by atomic mass is 16.3. The van der Waals surface area contributed by atoms with Gasteiger partial charge in [0.25, 0.3) is 0 Å². The second kappa shape index (κ2) is 2.41. The summed E-state index contributed by atoms with van der Waals surface area (Å²) >= 11 is 0. The van der Waals surface area contributed by atoms with Crippen LogP contribution in [0.2, 0.25) is 0 Å². The van der Waals surface area contributed by atoms with Crippen molar-refractivity contribution in [3.63, 3.8) is 0 Å². The zero-order valence-electron chi connectivity index (χ0n) is 6.82. The van der Waals surface area contributed by atoms with Gasteiger partial charge in [0.05, 0.1) is 12.6 Å². The number of nitrogens with zero attached hydrogens (tertiary/aromatic N) is 2. The second-order valence-corrected chi connectivity index (χ2v) is 3.29.